The van der Waals surface area contributed by atoms with E-state index in [2.05, 4.69) is 58.2 Å². The summed E-state index contributed by atoms with van der Waals surface area (Å²) in [4.78, 5) is 9.56. The molecule has 0 saturated carbocycles. The minimum Gasteiger partial charge on any atom is -0.507 e. The van der Waals surface area contributed by atoms with Crippen LogP contribution in [0.15, 0.2) is 165 Å². The summed E-state index contributed by atoms with van der Waals surface area (Å²) in [5, 5.41) is 68.6. The van der Waals surface area contributed by atoms with Crippen molar-refractivity contribution < 1.29 is 46.1 Å². The molecule has 0 atom stereocenters. The third kappa shape index (κ3) is 11.0. The Kier molecular flexibility index (Phi) is 13.9. The van der Waals surface area contributed by atoms with Crippen LogP contribution in [0.5, 0.6) is 11.5 Å². The van der Waals surface area contributed by atoms with Crippen LogP contribution in [0.3, 0.4) is 0 Å². The lowest BCUT2D eigenvalue weighted by Crippen LogP contribution is -2.23. The molecule has 0 amide bonds. The SMILES string of the molecule is C=NN(Nc1ccc(N=Nc2c(C)cc(N=Nc3cc(C)c(N=Nc4c(S(=O)(=O)O)cc5c(S(=O)(=O)O)c(/N=N/c6ccc(N)cc6)ccc5c4O)cc3C)cc2C)cc1)c1ccc(O)c(C(=O)O)c1. The predicted molar refractivity (Wildman–Crippen MR) is 262 cm³/mol. The molecule has 0 saturated heterocycles. The van der Waals surface area contributed by atoms with Gasteiger partial charge in [0.1, 0.15) is 32.5 Å². The Bertz CT molecular complexity index is 3580. The van der Waals surface area contributed by atoms with Gasteiger partial charge in [-0.1, -0.05) is 0 Å². The molecular weight excluding hydrogens is 945 g/mol. The Morgan fingerprint density at radius 3 is 1.70 bits per heavy atom. The number of benzene rings is 7. The fraction of sp³-hybridized carbons (Fsp3) is 0.0870. The number of nitrogens with two attached hydrogens (primary N) is 1. The summed E-state index contributed by atoms with van der Waals surface area (Å²) in [6.07, 6.45) is 0. The summed E-state index contributed by atoms with van der Waals surface area (Å²) in [5.41, 5.74) is 13.8. The molecule has 0 spiro atoms. The van der Waals surface area contributed by atoms with Crippen molar-refractivity contribution in [3.05, 3.63) is 137 Å². The van der Waals surface area contributed by atoms with Crippen molar-refractivity contribution in [3.63, 3.8) is 0 Å². The van der Waals surface area contributed by atoms with Crippen molar-refractivity contribution in [2.24, 2.45) is 46.0 Å². The van der Waals surface area contributed by atoms with Crippen LogP contribution in [0.1, 0.15) is 32.6 Å². The molecule has 22 nitrogen and oxygen atoms in total. The van der Waals surface area contributed by atoms with Crippen LogP contribution < -0.4 is 16.3 Å². The van der Waals surface area contributed by atoms with Crippen LogP contribution >= 0.6 is 0 Å². The molecule has 0 fully saturated rings. The lowest BCUT2D eigenvalue weighted by atomic mass is 10.1. The summed E-state index contributed by atoms with van der Waals surface area (Å²) in [7, 11) is -10.4. The van der Waals surface area contributed by atoms with Gasteiger partial charge in [0.25, 0.3) is 20.2 Å². The lowest BCUT2D eigenvalue weighted by molar-refractivity contribution is 0.0693. The van der Waals surface area contributed by atoms with Gasteiger partial charge in [-0.3, -0.25) is 14.5 Å². The summed E-state index contributed by atoms with van der Waals surface area (Å²) in [6.45, 7) is 10.6. The Labute approximate surface area is 399 Å². The highest BCUT2D eigenvalue weighted by molar-refractivity contribution is 7.86. The highest BCUT2D eigenvalue weighted by Crippen LogP contribution is 2.46. The number of rotatable bonds is 15. The molecule has 0 bridgehead atoms. The van der Waals surface area contributed by atoms with Gasteiger partial charge >= 0.3 is 5.97 Å². The Hall–Kier alpha value is -8.84. The first-order valence-corrected chi connectivity index (χ1v) is 23.2. The number of nitrogens with zero attached hydrogens (tertiary/aromatic N) is 10. The predicted octanol–water partition coefficient (Wildman–Crippen LogP) is 12.4. The number of hydrazone groups is 1. The standard InChI is InChI=1S/C46H40N12O10S2/c1-24-21-39(54-56-43-41(69(63,64)65)23-35-34(44(43)60)15-16-37(45(35)70(66,67)68)52-49-29-8-6-28(47)7-9-29)25(2)20-38(24)53-51-32-18-26(3)42(27(4)19-32)55-50-30-10-12-31(13-11-30)57-58(48-5)33-14-17-40(59)36(22-33)46(61)62/h6-23,57,59-60H,5,47H2,1-4H3,(H,61,62)(H,63,64,65)(H,66,67,68)/b52-49+,53-51?,55-50?,56-54?. The highest BCUT2D eigenvalue weighted by atomic mass is 32.2. The fourth-order valence-corrected chi connectivity index (χ4v) is 8.35. The molecule has 0 aliphatic heterocycles. The van der Waals surface area contributed by atoms with Gasteiger partial charge in [0.15, 0.2) is 5.75 Å². The number of aromatic carboxylic acids is 1. The van der Waals surface area contributed by atoms with E-state index in [-0.39, 0.29) is 28.1 Å². The normalized spacial score (nSPS) is 12.2. The number of hydrogen-bond donors (Lipinski definition) is 7. The van der Waals surface area contributed by atoms with Crippen LogP contribution in [0.4, 0.5) is 62.6 Å². The molecule has 0 aromatic heterocycles. The number of nitrogens with one attached hydrogen (secondary N) is 1. The molecule has 0 radical (unpaired) electrons. The Balaban J connectivity index is 1.09. The number of phenols is 2. The second kappa shape index (κ2) is 19.8. The number of nitrogen functional groups attached to an aromatic ring is 1. The van der Waals surface area contributed by atoms with Crippen molar-refractivity contribution in [2.45, 2.75) is 37.5 Å². The van der Waals surface area contributed by atoms with E-state index in [9.17, 15) is 46.1 Å². The number of carboxylic acids is 1. The van der Waals surface area contributed by atoms with Crippen LogP contribution in [0.25, 0.3) is 10.8 Å². The molecular formula is C46H40N12O10S2. The summed E-state index contributed by atoms with van der Waals surface area (Å²) >= 11 is 0. The first-order chi connectivity index (χ1) is 33.1. The van der Waals surface area contributed by atoms with E-state index in [0.29, 0.717) is 50.9 Å². The summed E-state index contributed by atoms with van der Waals surface area (Å²) in [5.74, 6) is -2.56. The number of azo groups is 4. The zero-order valence-corrected chi connectivity index (χ0v) is 38.9. The minimum absolute atomic E-state index is 0.225. The molecule has 7 aromatic rings. The van der Waals surface area contributed by atoms with Crippen LogP contribution in [0, 0.1) is 27.7 Å². The maximum Gasteiger partial charge on any atom is 0.339 e. The van der Waals surface area contributed by atoms with E-state index in [1.807, 2.05) is 13.8 Å². The first kappa shape index (κ1) is 49.1. The van der Waals surface area contributed by atoms with Crippen molar-refractivity contribution in [1.29, 1.82) is 0 Å². The number of anilines is 3. The number of carboxylic acid groups (broad SMARTS) is 1. The van der Waals surface area contributed by atoms with Gasteiger partial charge in [0.05, 0.1) is 45.5 Å². The van der Waals surface area contributed by atoms with Crippen LogP contribution in [-0.4, -0.2) is 53.9 Å². The van der Waals surface area contributed by atoms with Crippen molar-refractivity contribution in [2.75, 3.05) is 16.3 Å². The van der Waals surface area contributed by atoms with Gasteiger partial charge in [-0.25, -0.2) is 4.79 Å². The smallest absolute Gasteiger partial charge is 0.339 e. The third-order valence-corrected chi connectivity index (χ3v) is 12.2. The second-order valence-electron chi connectivity index (χ2n) is 15.4. The largest absolute Gasteiger partial charge is 0.507 e. The van der Waals surface area contributed by atoms with E-state index >= 15 is 0 Å². The molecule has 70 heavy (non-hydrogen) atoms. The van der Waals surface area contributed by atoms with E-state index in [1.165, 1.54) is 53.6 Å². The van der Waals surface area contributed by atoms with Crippen molar-refractivity contribution in [3.8, 4) is 11.5 Å². The lowest BCUT2D eigenvalue weighted by Gasteiger charge is -2.21. The van der Waals surface area contributed by atoms with Gasteiger partial charge in [0.2, 0.25) is 0 Å². The van der Waals surface area contributed by atoms with Gasteiger partial charge in [-0.05, 0) is 159 Å². The molecule has 7 rings (SSSR count). The Morgan fingerprint density at radius 2 is 1.13 bits per heavy atom. The molecule has 0 aliphatic rings. The molecule has 8 N–H and O–H groups in total. The molecule has 7 aromatic carbocycles. The quantitative estimate of drug-likeness (QED) is 0.0165. The fourth-order valence-electron chi connectivity index (χ4n) is 6.88. The molecule has 0 heterocycles. The van der Waals surface area contributed by atoms with Crippen molar-refractivity contribution >= 4 is 106 Å². The highest BCUT2D eigenvalue weighted by Gasteiger charge is 2.28. The number of phenolic OH excluding ortho intramolecular Hbond substituents is 1. The average molecular weight is 985 g/mol. The summed E-state index contributed by atoms with van der Waals surface area (Å²) in [6, 6.07) is 26.8. The number of hydrogen-bond acceptors (Lipinski definition) is 19. The molecule has 24 heteroatoms. The number of carbonyl (C=O) groups is 1. The van der Waals surface area contributed by atoms with E-state index in [1.54, 1.807) is 62.4 Å². The van der Waals surface area contributed by atoms with E-state index < -0.39 is 58.5 Å². The Morgan fingerprint density at radius 1 is 0.586 bits per heavy atom. The number of fused-ring (bicyclic) bond motifs is 1. The first-order valence-electron chi connectivity index (χ1n) is 20.3. The van der Waals surface area contributed by atoms with Gasteiger partial charge in [-0.2, -0.15) is 57.7 Å². The maximum atomic E-state index is 12.7. The monoisotopic (exact) mass is 984 g/mol. The maximum absolute atomic E-state index is 12.7. The molecule has 356 valence electrons. The zero-order valence-electron chi connectivity index (χ0n) is 37.2. The van der Waals surface area contributed by atoms with Crippen LogP contribution in [-0.2, 0) is 20.2 Å². The third-order valence-electron chi connectivity index (χ3n) is 10.4. The van der Waals surface area contributed by atoms with Gasteiger partial charge < -0.3 is 21.1 Å². The van der Waals surface area contributed by atoms with E-state index in [4.69, 9.17) is 5.73 Å². The number of hydrazine groups is 1. The summed E-state index contributed by atoms with van der Waals surface area (Å²) < 4.78 is 71.2. The minimum atomic E-state index is -5.21. The van der Waals surface area contributed by atoms with Crippen LogP contribution in [0.2, 0.25) is 0 Å². The molecule has 0 unspecified atom stereocenters. The second-order valence-corrected chi connectivity index (χ2v) is 18.1. The van der Waals surface area contributed by atoms with Gasteiger partial charge in [-0.15, -0.1) is 10.2 Å². The molecule has 0 aliphatic carbocycles. The van der Waals surface area contributed by atoms with E-state index in [0.717, 1.165) is 23.3 Å². The van der Waals surface area contributed by atoms with Crippen molar-refractivity contribution in [1.82, 2.24) is 0 Å². The topological polar surface area (TPSA) is 339 Å². The zero-order chi connectivity index (χ0) is 50.7. The number of aromatic hydroxyl groups is 2. The van der Waals surface area contributed by atoms with Gasteiger partial charge in [0, 0.05) is 23.2 Å². The average Bonchev–Trinajstić information content (AvgIpc) is 3.30. The number of aryl methyl sites for hydroxylation is 4.